The molecule has 1 fully saturated rings. The number of benzene rings is 1. The monoisotopic (exact) mass is 416 g/mol. The van der Waals surface area contributed by atoms with Crippen LogP contribution in [0.1, 0.15) is 61.2 Å². The maximum atomic E-state index is 5.62. The molecule has 7 nitrogen and oxygen atoms in total. The summed E-state index contributed by atoms with van der Waals surface area (Å²) in [5, 5.41) is 9.71. The topological polar surface area (TPSA) is 80.1 Å². The molecule has 3 aromatic heterocycles. The van der Waals surface area contributed by atoms with Gasteiger partial charge < -0.3 is 15.0 Å². The van der Waals surface area contributed by atoms with E-state index in [0.717, 1.165) is 55.3 Å². The van der Waals surface area contributed by atoms with Gasteiger partial charge in [0.2, 0.25) is 5.95 Å². The number of aryl methyl sites for hydroxylation is 1. The van der Waals surface area contributed by atoms with E-state index in [9.17, 15) is 0 Å². The smallest absolute Gasteiger partial charge is 0.227 e. The first kappa shape index (κ1) is 18.8. The van der Waals surface area contributed by atoms with E-state index in [0.29, 0.717) is 18.6 Å². The minimum atomic E-state index is 0.257. The lowest BCUT2D eigenvalue weighted by Gasteiger charge is -2.24. The molecular formula is C24H28N6O. The summed E-state index contributed by atoms with van der Waals surface area (Å²) in [6.45, 7) is 5.85. The van der Waals surface area contributed by atoms with Crippen molar-refractivity contribution in [3.8, 4) is 0 Å². The van der Waals surface area contributed by atoms with Crippen molar-refractivity contribution < 1.29 is 4.74 Å². The predicted octanol–water partition coefficient (Wildman–Crippen LogP) is 4.20. The molecule has 0 spiro atoms. The number of ether oxygens (including phenoxy) is 1. The van der Waals surface area contributed by atoms with E-state index in [4.69, 9.17) is 14.7 Å². The molecule has 0 radical (unpaired) electrons. The summed E-state index contributed by atoms with van der Waals surface area (Å²) in [6.07, 6.45) is 5.99. The highest BCUT2D eigenvalue weighted by atomic mass is 16.5. The Balaban J connectivity index is 1.37. The first-order valence-corrected chi connectivity index (χ1v) is 11.4. The fourth-order valence-corrected chi connectivity index (χ4v) is 5.01. The van der Waals surface area contributed by atoms with Crippen LogP contribution in [-0.4, -0.2) is 43.8 Å². The molecule has 2 aliphatic rings. The Hall–Kier alpha value is -2.93. The van der Waals surface area contributed by atoms with E-state index in [1.807, 2.05) is 10.7 Å². The van der Waals surface area contributed by atoms with Crippen molar-refractivity contribution in [1.29, 1.82) is 0 Å². The number of rotatable bonds is 4. The normalized spacial score (nSPS) is 21.3. The van der Waals surface area contributed by atoms with Gasteiger partial charge in [0.05, 0.1) is 12.8 Å². The summed E-state index contributed by atoms with van der Waals surface area (Å²) in [5.74, 6) is 2.29. The number of nitrogens with one attached hydrogen (secondary N) is 2. The second-order valence-electron chi connectivity index (χ2n) is 9.17. The number of nitrogens with zero attached hydrogens (tertiary/aromatic N) is 4. The molecular weight excluding hydrogens is 388 g/mol. The SMILES string of the molecule is CC(C)c1cnn2c(NC3CCc4[nH]c5ccccc5c4C3)nc(C3CCOC3)nc12. The predicted molar refractivity (Wildman–Crippen MR) is 121 cm³/mol. The molecule has 4 aromatic rings. The van der Waals surface area contributed by atoms with Crippen molar-refractivity contribution in [2.24, 2.45) is 0 Å². The fraction of sp³-hybridized carbons (Fsp3) is 0.458. The number of H-pyrrole nitrogens is 1. The van der Waals surface area contributed by atoms with Gasteiger partial charge in [-0.15, -0.1) is 0 Å². The number of hydrogen-bond donors (Lipinski definition) is 2. The van der Waals surface area contributed by atoms with Gasteiger partial charge in [-0.05, 0) is 43.2 Å². The van der Waals surface area contributed by atoms with E-state index in [1.54, 1.807) is 0 Å². The first-order valence-electron chi connectivity index (χ1n) is 11.4. The third-order valence-electron chi connectivity index (χ3n) is 6.76. The second-order valence-corrected chi connectivity index (χ2v) is 9.17. The molecule has 0 saturated carbocycles. The Morgan fingerprint density at radius 3 is 2.94 bits per heavy atom. The second kappa shape index (κ2) is 7.34. The van der Waals surface area contributed by atoms with Crippen molar-refractivity contribution in [3.63, 3.8) is 0 Å². The number of anilines is 1. The van der Waals surface area contributed by atoms with E-state index in [1.165, 1.54) is 22.2 Å². The molecule has 2 unspecified atom stereocenters. The summed E-state index contributed by atoms with van der Waals surface area (Å²) >= 11 is 0. The summed E-state index contributed by atoms with van der Waals surface area (Å²) in [4.78, 5) is 13.5. The maximum absolute atomic E-state index is 5.62. The van der Waals surface area contributed by atoms with E-state index in [2.05, 4.69) is 53.5 Å². The van der Waals surface area contributed by atoms with Gasteiger partial charge in [-0.25, -0.2) is 4.98 Å². The van der Waals surface area contributed by atoms with Crippen LogP contribution in [0.2, 0.25) is 0 Å². The van der Waals surface area contributed by atoms with Crippen LogP contribution in [0.15, 0.2) is 30.5 Å². The minimum Gasteiger partial charge on any atom is -0.381 e. The zero-order valence-corrected chi connectivity index (χ0v) is 18.1. The van der Waals surface area contributed by atoms with Crippen LogP contribution < -0.4 is 5.32 Å². The zero-order valence-electron chi connectivity index (χ0n) is 18.1. The molecule has 31 heavy (non-hydrogen) atoms. The Labute approximate surface area is 181 Å². The molecule has 0 bridgehead atoms. The molecule has 0 amide bonds. The van der Waals surface area contributed by atoms with Crippen molar-refractivity contribution in [3.05, 3.63) is 53.1 Å². The standard InChI is InChI=1S/C24H28N6O/c1-14(2)19-12-25-30-23(19)28-22(15-9-10-31-13-15)29-24(30)26-16-7-8-21-18(11-16)17-5-3-4-6-20(17)27-21/h3-6,12,14-16,27H,7-11,13H2,1-2H3,(H,26,28,29). The number of para-hydroxylation sites is 1. The molecule has 1 saturated heterocycles. The lowest BCUT2D eigenvalue weighted by Crippen LogP contribution is -2.29. The van der Waals surface area contributed by atoms with E-state index in [-0.39, 0.29) is 5.92 Å². The fourth-order valence-electron chi connectivity index (χ4n) is 5.01. The van der Waals surface area contributed by atoms with Crippen LogP contribution in [0.25, 0.3) is 16.6 Å². The van der Waals surface area contributed by atoms with Gasteiger partial charge in [0.25, 0.3) is 0 Å². The van der Waals surface area contributed by atoms with Gasteiger partial charge in [0.1, 0.15) is 5.82 Å². The lowest BCUT2D eigenvalue weighted by molar-refractivity contribution is 0.193. The Bertz CT molecular complexity index is 1250. The Morgan fingerprint density at radius 2 is 2.10 bits per heavy atom. The van der Waals surface area contributed by atoms with E-state index < -0.39 is 0 Å². The van der Waals surface area contributed by atoms with Gasteiger partial charge in [0.15, 0.2) is 5.65 Å². The quantitative estimate of drug-likeness (QED) is 0.521. The average molecular weight is 417 g/mol. The number of aromatic nitrogens is 5. The summed E-state index contributed by atoms with van der Waals surface area (Å²) < 4.78 is 7.51. The zero-order chi connectivity index (χ0) is 20.9. The lowest BCUT2D eigenvalue weighted by atomic mass is 9.91. The van der Waals surface area contributed by atoms with Crippen molar-refractivity contribution >= 4 is 22.5 Å². The third-order valence-corrected chi connectivity index (χ3v) is 6.76. The summed E-state index contributed by atoms with van der Waals surface area (Å²) in [7, 11) is 0. The van der Waals surface area contributed by atoms with Crippen LogP contribution in [0, 0.1) is 0 Å². The van der Waals surface area contributed by atoms with Crippen molar-refractivity contribution in [2.45, 2.75) is 57.4 Å². The van der Waals surface area contributed by atoms with Crippen LogP contribution in [0.5, 0.6) is 0 Å². The van der Waals surface area contributed by atoms with Crippen LogP contribution in [0.3, 0.4) is 0 Å². The van der Waals surface area contributed by atoms with Gasteiger partial charge >= 0.3 is 0 Å². The molecule has 1 aromatic carbocycles. The van der Waals surface area contributed by atoms with Gasteiger partial charge in [-0.2, -0.15) is 14.6 Å². The molecule has 160 valence electrons. The van der Waals surface area contributed by atoms with Crippen LogP contribution in [-0.2, 0) is 17.6 Å². The van der Waals surface area contributed by atoms with Gasteiger partial charge in [-0.3, -0.25) is 0 Å². The Morgan fingerprint density at radius 1 is 1.19 bits per heavy atom. The molecule has 1 aliphatic heterocycles. The summed E-state index contributed by atoms with van der Waals surface area (Å²) in [6, 6.07) is 8.90. The largest absolute Gasteiger partial charge is 0.381 e. The van der Waals surface area contributed by atoms with Crippen LogP contribution in [0.4, 0.5) is 5.95 Å². The third kappa shape index (κ3) is 3.19. The number of fused-ring (bicyclic) bond motifs is 4. The van der Waals surface area contributed by atoms with Crippen LogP contribution >= 0.6 is 0 Å². The van der Waals surface area contributed by atoms with Gasteiger partial charge in [-0.1, -0.05) is 32.0 Å². The molecule has 2 N–H and O–H groups in total. The molecule has 7 heteroatoms. The van der Waals surface area contributed by atoms with Crippen molar-refractivity contribution in [2.75, 3.05) is 18.5 Å². The molecule has 4 heterocycles. The minimum absolute atomic E-state index is 0.257. The molecule has 1 aliphatic carbocycles. The highest BCUT2D eigenvalue weighted by Crippen LogP contribution is 2.31. The molecule has 6 rings (SSSR count). The highest BCUT2D eigenvalue weighted by Gasteiger charge is 2.27. The highest BCUT2D eigenvalue weighted by molar-refractivity contribution is 5.85. The Kier molecular flexibility index (Phi) is 4.45. The first-order chi connectivity index (χ1) is 15.2. The number of aromatic amines is 1. The number of hydrogen-bond acceptors (Lipinski definition) is 5. The average Bonchev–Trinajstić information content (AvgIpc) is 3.51. The molecule has 2 atom stereocenters. The maximum Gasteiger partial charge on any atom is 0.227 e. The van der Waals surface area contributed by atoms with Crippen molar-refractivity contribution in [1.82, 2.24) is 24.6 Å². The summed E-state index contributed by atoms with van der Waals surface area (Å²) in [5.41, 5.74) is 6.11. The van der Waals surface area contributed by atoms with E-state index >= 15 is 0 Å². The van der Waals surface area contributed by atoms with Gasteiger partial charge in [0, 0.05) is 40.7 Å².